The molecule has 1 saturated heterocycles. The fraction of sp³-hybridized carbons (Fsp3) is 0.520. The number of pyridine rings is 1. The number of likely N-dealkylation sites (tertiary alicyclic amines) is 1. The second-order valence-electron chi connectivity index (χ2n) is 9.39. The third kappa shape index (κ3) is 6.20. The van der Waals surface area contributed by atoms with Gasteiger partial charge < -0.3 is 29.4 Å². The summed E-state index contributed by atoms with van der Waals surface area (Å²) in [4.78, 5) is 29.4. The molecule has 0 aromatic carbocycles. The number of methoxy groups -OCH3 is 1. The van der Waals surface area contributed by atoms with Crippen molar-refractivity contribution >= 4 is 23.3 Å². The summed E-state index contributed by atoms with van der Waals surface area (Å²) in [7, 11) is 1.50. The first-order chi connectivity index (χ1) is 18.6. The molecule has 0 aliphatic carbocycles. The maximum Gasteiger partial charge on any atom is 0.395 e. The molecule has 1 aliphatic heterocycles. The Labute approximate surface area is 228 Å². The van der Waals surface area contributed by atoms with Gasteiger partial charge in [-0.1, -0.05) is 11.6 Å². The molecule has 2 N–H and O–H groups in total. The van der Waals surface area contributed by atoms with Gasteiger partial charge in [-0.2, -0.15) is 13.2 Å². The van der Waals surface area contributed by atoms with Crippen LogP contribution in [0.1, 0.15) is 32.0 Å². The van der Waals surface area contributed by atoms with Crippen LogP contribution >= 0.6 is 11.6 Å². The van der Waals surface area contributed by atoms with Gasteiger partial charge >= 0.3 is 12.2 Å². The zero-order chi connectivity index (χ0) is 28.3. The Kier molecular flexibility index (Phi) is 8.82. The molecule has 3 unspecified atom stereocenters. The van der Waals surface area contributed by atoms with Gasteiger partial charge in [-0.15, -0.1) is 0 Å². The lowest BCUT2D eigenvalue weighted by molar-refractivity contribution is -0.174. The minimum absolute atomic E-state index is 0.0515. The lowest BCUT2D eigenvalue weighted by Gasteiger charge is -2.31. The van der Waals surface area contributed by atoms with Crippen molar-refractivity contribution in [3.63, 3.8) is 0 Å². The molecule has 4 rings (SSSR count). The Bertz CT molecular complexity index is 1310. The highest BCUT2D eigenvalue weighted by Gasteiger charge is 2.50. The summed E-state index contributed by atoms with van der Waals surface area (Å²) in [6.07, 6.45) is 2.48. The van der Waals surface area contributed by atoms with Gasteiger partial charge in [-0.3, -0.25) is 4.98 Å². The quantitative estimate of drug-likeness (QED) is 0.404. The Morgan fingerprint density at radius 2 is 2.13 bits per heavy atom. The van der Waals surface area contributed by atoms with Crippen LogP contribution in [0.4, 0.5) is 18.0 Å². The van der Waals surface area contributed by atoms with Gasteiger partial charge in [-0.25, -0.2) is 14.8 Å². The first-order valence-electron chi connectivity index (χ1n) is 12.6. The molecule has 212 valence electrons. The van der Waals surface area contributed by atoms with Gasteiger partial charge in [0, 0.05) is 56.9 Å². The number of halogens is 4. The number of carbonyl (C=O) groups excluding carboxylic acids is 1. The highest BCUT2D eigenvalue weighted by molar-refractivity contribution is 6.32. The Morgan fingerprint density at radius 3 is 2.79 bits per heavy atom. The summed E-state index contributed by atoms with van der Waals surface area (Å²) in [5.41, 5.74) is 2.06. The molecule has 3 aromatic heterocycles. The van der Waals surface area contributed by atoms with Crippen LogP contribution in [0.5, 0.6) is 5.75 Å². The van der Waals surface area contributed by atoms with Gasteiger partial charge in [0.25, 0.3) is 0 Å². The number of aliphatic hydroxyl groups excluding tert-OH is 1. The van der Waals surface area contributed by atoms with E-state index in [2.05, 4.69) is 20.3 Å². The van der Waals surface area contributed by atoms with Gasteiger partial charge in [0.1, 0.15) is 5.75 Å². The molecule has 1 fully saturated rings. The number of aliphatic hydroxyl groups is 1. The van der Waals surface area contributed by atoms with Gasteiger partial charge in [-0.05, 0) is 26.3 Å². The third-order valence-electron chi connectivity index (χ3n) is 6.97. The van der Waals surface area contributed by atoms with Crippen molar-refractivity contribution in [2.75, 3.05) is 39.9 Å². The lowest BCUT2D eigenvalue weighted by atomic mass is 10.0. The molecule has 4 heterocycles. The molecular formula is C25H31ClF3N7O3. The molecular weight excluding hydrogens is 539 g/mol. The summed E-state index contributed by atoms with van der Waals surface area (Å²) in [5.74, 6) is -1.27. The van der Waals surface area contributed by atoms with E-state index in [0.29, 0.717) is 41.3 Å². The third-order valence-corrected chi connectivity index (χ3v) is 7.23. The van der Waals surface area contributed by atoms with Crippen LogP contribution in [0, 0.1) is 5.92 Å². The van der Waals surface area contributed by atoms with E-state index < -0.39 is 30.2 Å². The second kappa shape index (κ2) is 11.9. The molecule has 0 bridgehead atoms. The Balaban J connectivity index is 1.57. The highest BCUT2D eigenvalue weighted by atomic mass is 35.5. The molecule has 0 radical (unpaired) electrons. The van der Waals surface area contributed by atoms with E-state index in [-0.39, 0.29) is 31.4 Å². The number of hydrogen-bond acceptors (Lipinski definition) is 7. The van der Waals surface area contributed by atoms with Crippen molar-refractivity contribution in [2.24, 2.45) is 5.92 Å². The first kappa shape index (κ1) is 28.8. The minimum Gasteiger partial charge on any atom is -0.494 e. The van der Waals surface area contributed by atoms with Crippen molar-refractivity contribution in [2.45, 2.75) is 38.5 Å². The number of carbonyl (C=O) groups is 1. The van der Waals surface area contributed by atoms with E-state index in [9.17, 15) is 18.0 Å². The predicted octanol–water partition coefficient (Wildman–Crippen LogP) is 3.79. The van der Waals surface area contributed by atoms with Crippen LogP contribution in [-0.4, -0.2) is 92.4 Å². The fourth-order valence-corrected chi connectivity index (χ4v) is 5.15. The highest BCUT2D eigenvalue weighted by Crippen LogP contribution is 2.35. The number of nitrogens with one attached hydrogen (secondary N) is 1. The van der Waals surface area contributed by atoms with E-state index in [1.54, 1.807) is 47.8 Å². The van der Waals surface area contributed by atoms with E-state index in [1.807, 2.05) is 0 Å². The van der Waals surface area contributed by atoms with Crippen LogP contribution in [0.2, 0.25) is 5.15 Å². The summed E-state index contributed by atoms with van der Waals surface area (Å²) in [6.45, 7) is 3.78. The van der Waals surface area contributed by atoms with Gasteiger partial charge in [0.05, 0.1) is 42.7 Å². The van der Waals surface area contributed by atoms with Crippen LogP contribution in [0.25, 0.3) is 16.9 Å². The molecule has 0 saturated carbocycles. The topological polar surface area (TPSA) is 108 Å². The molecule has 3 aromatic rings. The molecule has 14 heteroatoms. The van der Waals surface area contributed by atoms with E-state index in [0.717, 1.165) is 0 Å². The lowest BCUT2D eigenvalue weighted by Crippen LogP contribution is -2.51. The number of imidazole rings is 1. The summed E-state index contributed by atoms with van der Waals surface area (Å²) in [6, 6.07) is -0.576. The van der Waals surface area contributed by atoms with Crippen molar-refractivity contribution in [1.29, 1.82) is 0 Å². The van der Waals surface area contributed by atoms with Crippen molar-refractivity contribution in [3.05, 3.63) is 41.7 Å². The zero-order valence-electron chi connectivity index (χ0n) is 21.8. The zero-order valence-corrected chi connectivity index (χ0v) is 22.6. The van der Waals surface area contributed by atoms with Crippen molar-refractivity contribution in [1.82, 2.24) is 34.5 Å². The van der Waals surface area contributed by atoms with E-state index in [4.69, 9.17) is 21.4 Å². The van der Waals surface area contributed by atoms with Crippen LogP contribution < -0.4 is 10.1 Å². The van der Waals surface area contributed by atoms with Crippen molar-refractivity contribution in [3.8, 4) is 17.0 Å². The SMILES string of the molecule is CCN(C(=O)NC1CN(CCCO)CC1C(F)(F)F)C(C)c1cc(-c2cn3ccnc3c(Cl)n2)c(OC)cn1. The molecule has 2 amide bonds. The maximum atomic E-state index is 13.8. The minimum atomic E-state index is -4.47. The number of nitrogens with zero attached hydrogens (tertiary/aromatic N) is 6. The Hall–Kier alpha value is -3.16. The normalized spacial score (nSPS) is 18.9. The molecule has 39 heavy (non-hydrogen) atoms. The molecule has 3 atom stereocenters. The largest absolute Gasteiger partial charge is 0.494 e. The number of ether oxygens (including phenoxy) is 1. The first-order valence-corrected chi connectivity index (χ1v) is 13.0. The average molecular weight is 570 g/mol. The number of alkyl halides is 3. The number of fused-ring (bicyclic) bond motifs is 1. The van der Waals surface area contributed by atoms with Crippen LogP contribution in [0.15, 0.2) is 30.9 Å². The maximum absolute atomic E-state index is 13.8. The van der Waals surface area contributed by atoms with Crippen LogP contribution in [-0.2, 0) is 0 Å². The van der Waals surface area contributed by atoms with Gasteiger partial charge in [0.15, 0.2) is 10.8 Å². The number of urea groups is 1. The smallest absolute Gasteiger partial charge is 0.395 e. The van der Waals surface area contributed by atoms with Crippen molar-refractivity contribution < 1.29 is 27.8 Å². The molecule has 1 aliphatic rings. The summed E-state index contributed by atoms with van der Waals surface area (Å²) >= 11 is 6.32. The van der Waals surface area contributed by atoms with E-state index >= 15 is 0 Å². The van der Waals surface area contributed by atoms with Crippen LogP contribution in [0.3, 0.4) is 0 Å². The van der Waals surface area contributed by atoms with Gasteiger partial charge in [0.2, 0.25) is 0 Å². The fourth-order valence-electron chi connectivity index (χ4n) is 4.91. The average Bonchev–Trinajstić information content (AvgIpc) is 3.54. The number of aromatic nitrogens is 4. The summed E-state index contributed by atoms with van der Waals surface area (Å²) < 4.78 is 48.5. The molecule has 10 nitrogen and oxygen atoms in total. The monoisotopic (exact) mass is 569 g/mol. The standard InChI is InChI=1S/C25H31ClF3N7O3/c1-4-36(24(38)33-20-13-34(7-5-9-37)12-17(20)25(27,28)29)15(2)18-10-16(21(39-3)11-31-18)19-14-35-8-6-30-23(35)22(26)32-19/h6,8,10-11,14-15,17,20,37H,4-5,7,9,12-13H2,1-3H3,(H,33,38). The Morgan fingerprint density at radius 1 is 1.36 bits per heavy atom. The predicted molar refractivity (Wildman–Crippen MR) is 139 cm³/mol. The number of rotatable bonds is 9. The summed E-state index contributed by atoms with van der Waals surface area (Å²) in [5, 5.41) is 11.9. The second-order valence-corrected chi connectivity index (χ2v) is 9.75. The number of hydrogen-bond donors (Lipinski definition) is 2. The van der Waals surface area contributed by atoms with E-state index in [1.165, 1.54) is 18.2 Å². The number of amides is 2. The molecule has 0 spiro atoms.